The second-order valence-corrected chi connectivity index (χ2v) is 5.11. The summed E-state index contributed by atoms with van der Waals surface area (Å²) >= 11 is 0. The highest BCUT2D eigenvalue weighted by molar-refractivity contribution is 5.73. The predicted molar refractivity (Wildman–Crippen MR) is 72.7 cm³/mol. The lowest BCUT2D eigenvalue weighted by molar-refractivity contribution is -0.192. The van der Waals surface area contributed by atoms with Gasteiger partial charge in [0, 0.05) is 19.2 Å². The normalized spacial score (nSPS) is 15.3. The predicted octanol–water partition coefficient (Wildman–Crippen LogP) is 1.29. The lowest BCUT2D eigenvalue weighted by Crippen LogP contribution is -2.58. The molecule has 0 aliphatic carbocycles. The Labute approximate surface area is 134 Å². The van der Waals surface area contributed by atoms with Crippen LogP contribution in [-0.4, -0.2) is 48.7 Å². The Bertz CT molecular complexity index is 619. The van der Waals surface area contributed by atoms with Gasteiger partial charge in [0.05, 0.1) is 24.2 Å². The molecule has 24 heavy (non-hydrogen) atoms. The van der Waals surface area contributed by atoms with Crippen molar-refractivity contribution in [3.8, 4) is 11.8 Å². The van der Waals surface area contributed by atoms with Crippen molar-refractivity contribution in [2.75, 3.05) is 26.3 Å². The topological polar surface area (TPSA) is 103 Å². The molecular formula is C14H14F4N2O4. The van der Waals surface area contributed by atoms with E-state index >= 15 is 0 Å². The van der Waals surface area contributed by atoms with Gasteiger partial charge < -0.3 is 20.3 Å². The van der Waals surface area contributed by atoms with Crippen LogP contribution in [0.2, 0.25) is 0 Å². The molecule has 0 bridgehead atoms. The zero-order chi connectivity index (χ0) is 18.4. The van der Waals surface area contributed by atoms with E-state index in [-0.39, 0.29) is 17.6 Å². The molecule has 0 atom stereocenters. The van der Waals surface area contributed by atoms with E-state index in [1.165, 1.54) is 12.1 Å². The molecule has 0 aromatic heterocycles. The third-order valence-electron chi connectivity index (χ3n) is 3.18. The van der Waals surface area contributed by atoms with Crippen LogP contribution in [0.5, 0.6) is 5.75 Å². The Morgan fingerprint density at radius 2 is 2.00 bits per heavy atom. The first-order chi connectivity index (χ1) is 11.1. The lowest BCUT2D eigenvalue weighted by Gasteiger charge is -2.40. The van der Waals surface area contributed by atoms with Gasteiger partial charge in [-0.2, -0.15) is 18.4 Å². The number of carboxylic acids is 1. The number of rotatable bonds is 4. The Kier molecular flexibility index (Phi) is 6.51. The van der Waals surface area contributed by atoms with Gasteiger partial charge in [-0.05, 0) is 12.1 Å². The molecule has 1 aliphatic heterocycles. The first-order valence-corrected chi connectivity index (χ1v) is 6.58. The van der Waals surface area contributed by atoms with E-state index in [1.807, 2.05) is 0 Å². The molecule has 132 valence electrons. The van der Waals surface area contributed by atoms with Crippen LogP contribution < -0.4 is 10.1 Å². The van der Waals surface area contributed by atoms with Crippen LogP contribution in [0.4, 0.5) is 17.6 Å². The summed E-state index contributed by atoms with van der Waals surface area (Å²) in [4.78, 5) is 8.90. The average molecular weight is 350 g/mol. The lowest BCUT2D eigenvalue weighted by atomic mass is 9.84. The highest BCUT2D eigenvalue weighted by Gasteiger charge is 2.38. The van der Waals surface area contributed by atoms with E-state index in [0.29, 0.717) is 25.4 Å². The summed E-state index contributed by atoms with van der Waals surface area (Å²) in [6, 6.07) is 5.88. The highest BCUT2D eigenvalue weighted by Crippen LogP contribution is 2.24. The zero-order valence-electron chi connectivity index (χ0n) is 12.2. The van der Waals surface area contributed by atoms with Crippen molar-refractivity contribution in [2.24, 2.45) is 5.41 Å². The number of carbonyl (C=O) groups is 1. The first kappa shape index (κ1) is 19.7. The van der Waals surface area contributed by atoms with Crippen LogP contribution in [0.3, 0.4) is 0 Å². The second-order valence-electron chi connectivity index (χ2n) is 5.11. The number of aliphatic hydroxyl groups is 1. The van der Waals surface area contributed by atoms with Crippen LogP contribution in [0, 0.1) is 22.6 Å². The number of halogens is 4. The number of hydrogen-bond acceptors (Lipinski definition) is 5. The number of aliphatic hydroxyl groups excluding tert-OH is 1. The molecule has 0 amide bonds. The first-order valence-electron chi connectivity index (χ1n) is 6.58. The van der Waals surface area contributed by atoms with Gasteiger partial charge in [-0.25, -0.2) is 9.18 Å². The van der Waals surface area contributed by atoms with Gasteiger partial charge in [0.15, 0.2) is 0 Å². The van der Waals surface area contributed by atoms with Crippen LogP contribution in [0.25, 0.3) is 0 Å². The zero-order valence-corrected chi connectivity index (χ0v) is 12.2. The van der Waals surface area contributed by atoms with E-state index in [4.69, 9.17) is 19.9 Å². The molecule has 2 rings (SSSR count). The average Bonchev–Trinajstić information content (AvgIpc) is 2.46. The Hall–Kier alpha value is -2.38. The van der Waals surface area contributed by atoms with Gasteiger partial charge in [0.2, 0.25) is 0 Å². The minimum atomic E-state index is -5.08. The molecule has 1 heterocycles. The van der Waals surface area contributed by atoms with E-state index in [2.05, 4.69) is 5.32 Å². The van der Waals surface area contributed by atoms with Crippen molar-refractivity contribution < 1.29 is 37.3 Å². The summed E-state index contributed by atoms with van der Waals surface area (Å²) < 4.78 is 50.5. The molecule has 0 unspecified atom stereocenters. The van der Waals surface area contributed by atoms with Crippen LogP contribution >= 0.6 is 0 Å². The third kappa shape index (κ3) is 5.36. The van der Waals surface area contributed by atoms with Gasteiger partial charge in [-0.3, -0.25) is 0 Å². The second kappa shape index (κ2) is 7.94. The molecule has 1 aromatic rings. The summed E-state index contributed by atoms with van der Waals surface area (Å²) in [7, 11) is 0. The molecule has 1 aromatic carbocycles. The van der Waals surface area contributed by atoms with Crippen LogP contribution in [0.15, 0.2) is 18.2 Å². The summed E-state index contributed by atoms with van der Waals surface area (Å²) in [6.45, 7) is 1.77. The number of nitrogens with one attached hydrogen (secondary N) is 1. The summed E-state index contributed by atoms with van der Waals surface area (Å²) in [5.74, 6) is -2.97. The molecule has 1 saturated heterocycles. The summed E-state index contributed by atoms with van der Waals surface area (Å²) in [6.07, 6.45) is -5.08. The maximum Gasteiger partial charge on any atom is 0.490 e. The number of aliphatic carboxylic acids is 1. The largest absolute Gasteiger partial charge is 0.493 e. The van der Waals surface area contributed by atoms with Crippen molar-refractivity contribution in [1.82, 2.24) is 5.32 Å². The molecule has 1 fully saturated rings. The molecular weight excluding hydrogens is 336 g/mol. The molecule has 6 nitrogen and oxygen atoms in total. The van der Waals surface area contributed by atoms with E-state index in [1.54, 1.807) is 12.1 Å². The number of hydrogen-bond donors (Lipinski definition) is 3. The molecule has 3 N–H and O–H groups in total. The van der Waals surface area contributed by atoms with Gasteiger partial charge in [-0.15, -0.1) is 0 Å². The smallest absolute Gasteiger partial charge is 0.490 e. The minimum absolute atomic E-state index is 0.000433. The Morgan fingerprint density at radius 3 is 2.33 bits per heavy atom. The maximum atomic E-state index is 13.3. The number of nitrogens with zero attached hydrogens (tertiary/aromatic N) is 1. The Morgan fingerprint density at radius 1 is 1.42 bits per heavy atom. The fourth-order valence-corrected chi connectivity index (χ4v) is 1.65. The third-order valence-corrected chi connectivity index (χ3v) is 3.18. The molecule has 1 aliphatic rings. The van der Waals surface area contributed by atoms with E-state index in [9.17, 15) is 22.7 Å². The van der Waals surface area contributed by atoms with Gasteiger partial charge in [0.25, 0.3) is 0 Å². The fourth-order valence-electron chi connectivity index (χ4n) is 1.65. The highest BCUT2D eigenvalue weighted by atomic mass is 19.4. The van der Waals surface area contributed by atoms with E-state index < -0.39 is 18.0 Å². The fraction of sp³-hybridized carbons (Fsp3) is 0.429. The standard InChI is InChI=1S/C12H13FN2O2.C2HF3O2/c13-11-3-10(2-1-9(11)4-14)17-8-12(7-16)5-15-6-12;3-2(4,5)1(6)7/h1-3,15-16H,5-8H2;(H,6,7). The number of ether oxygens (including phenoxy) is 1. The van der Waals surface area contributed by atoms with Crippen LogP contribution in [-0.2, 0) is 4.79 Å². The molecule has 0 radical (unpaired) electrons. The SMILES string of the molecule is N#Cc1ccc(OCC2(CO)CNC2)cc1F.O=C(O)C(F)(F)F. The number of nitriles is 1. The molecule has 0 spiro atoms. The van der Waals surface area contributed by atoms with Gasteiger partial charge in [-0.1, -0.05) is 0 Å². The van der Waals surface area contributed by atoms with Crippen molar-refractivity contribution in [3.05, 3.63) is 29.6 Å². The number of alkyl halides is 3. The summed E-state index contributed by atoms with van der Waals surface area (Å²) in [5.41, 5.74) is -0.260. The summed E-state index contributed by atoms with van der Waals surface area (Å²) in [5, 5.41) is 28.0. The number of benzene rings is 1. The van der Waals surface area contributed by atoms with E-state index in [0.717, 1.165) is 0 Å². The van der Waals surface area contributed by atoms with Crippen molar-refractivity contribution in [3.63, 3.8) is 0 Å². The van der Waals surface area contributed by atoms with Crippen LogP contribution in [0.1, 0.15) is 5.56 Å². The van der Waals surface area contributed by atoms with Gasteiger partial charge in [0.1, 0.15) is 17.6 Å². The quantitative estimate of drug-likeness (QED) is 0.707. The monoisotopic (exact) mass is 350 g/mol. The number of carboxylic acid groups (broad SMARTS) is 1. The molecule has 10 heteroatoms. The molecule has 0 saturated carbocycles. The maximum absolute atomic E-state index is 13.3. The van der Waals surface area contributed by atoms with Crippen molar-refractivity contribution in [2.45, 2.75) is 6.18 Å². The van der Waals surface area contributed by atoms with Crippen molar-refractivity contribution >= 4 is 5.97 Å². The Balaban J connectivity index is 0.000000351. The minimum Gasteiger partial charge on any atom is -0.493 e. The van der Waals surface area contributed by atoms with Crippen molar-refractivity contribution in [1.29, 1.82) is 5.26 Å². The van der Waals surface area contributed by atoms with Gasteiger partial charge >= 0.3 is 12.1 Å².